The molecule has 1 saturated heterocycles. The molecule has 0 unspecified atom stereocenters. The molecular formula is C31H27F3N4O4. The molecular weight excluding hydrogens is 549 g/mol. The second-order valence-corrected chi connectivity index (χ2v) is 11.1. The van der Waals surface area contributed by atoms with Crippen LogP contribution in [0.1, 0.15) is 36.3 Å². The second kappa shape index (κ2) is 9.50. The van der Waals surface area contributed by atoms with Crippen molar-refractivity contribution in [2.45, 2.75) is 42.9 Å². The fourth-order valence-corrected chi connectivity index (χ4v) is 6.45. The number of methoxy groups -OCH3 is 1. The van der Waals surface area contributed by atoms with Crippen molar-refractivity contribution in [1.82, 2.24) is 10.2 Å². The molecule has 1 spiro atoms. The summed E-state index contributed by atoms with van der Waals surface area (Å²) in [5, 5.41) is 11.7. The maximum Gasteiger partial charge on any atom is 0.490 e. The third-order valence-corrected chi connectivity index (χ3v) is 8.76. The van der Waals surface area contributed by atoms with Gasteiger partial charge in [-0.1, -0.05) is 24.3 Å². The van der Waals surface area contributed by atoms with E-state index in [1.807, 2.05) is 48.5 Å². The van der Waals surface area contributed by atoms with E-state index in [1.165, 1.54) is 0 Å². The van der Waals surface area contributed by atoms with E-state index in [1.54, 1.807) is 7.11 Å². The number of nitrogens with one attached hydrogen (secondary N) is 2. The maximum absolute atomic E-state index is 13.1. The fourth-order valence-electron chi connectivity index (χ4n) is 6.45. The van der Waals surface area contributed by atoms with Gasteiger partial charge in [-0.3, -0.25) is 9.89 Å². The molecule has 1 amide bonds. The number of halogens is 3. The first-order valence-electron chi connectivity index (χ1n) is 13.8. The molecule has 2 aliphatic heterocycles. The average Bonchev–Trinajstić information content (AvgIpc) is 3.51. The molecule has 2 atom stereocenters. The predicted molar refractivity (Wildman–Crippen MR) is 150 cm³/mol. The molecule has 42 heavy (non-hydrogen) atoms. The molecule has 8 nitrogen and oxygen atoms in total. The zero-order valence-corrected chi connectivity index (χ0v) is 22.6. The number of alkyl halides is 3. The lowest BCUT2D eigenvalue weighted by Gasteiger charge is -2.33. The first kappa shape index (κ1) is 26.4. The van der Waals surface area contributed by atoms with Gasteiger partial charge in [-0.05, 0) is 53.9 Å². The summed E-state index contributed by atoms with van der Waals surface area (Å²) in [4.78, 5) is 26.2. The number of amides is 1. The molecule has 7 rings (SSSR count). The van der Waals surface area contributed by atoms with Gasteiger partial charge in [0.05, 0.1) is 23.7 Å². The smallest absolute Gasteiger partial charge is 0.490 e. The number of piperidine rings is 1. The van der Waals surface area contributed by atoms with Gasteiger partial charge < -0.3 is 19.7 Å². The van der Waals surface area contributed by atoms with Crippen LogP contribution in [0.25, 0.3) is 22.2 Å². The van der Waals surface area contributed by atoms with Gasteiger partial charge in [-0.15, -0.1) is 0 Å². The van der Waals surface area contributed by atoms with Crippen LogP contribution in [-0.4, -0.2) is 54.6 Å². The van der Waals surface area contributed by atoms with Gasteiger partial charge in [-0.25, -0.2) is 4.79 Å². The van der Waals surface area contributed by atoms with Crippen molar-refractivity contribution in [2.24, 2.45) is 0 Å². The van der Waals surface area contributed by atoms with Gasteiger partial charge in [0, 0.05) is 54.2 Å². The van der Waals surface area contributed by atoms with Crippen LogP contribution in [0.3, 0.4) is 0 Å². The number of aromatic nitrogens is 2. The third kappa shape index (κ3) is 4.26. The first-order chi connectivity index (χ1) is 20.2. The lowest BCUT2D eigenvalue weighted by molar-refractivity contribution is -0.205. The number of hydrogen-bond acceptors (Lipinski definition) is 6. The van der Waals surface area contributed by atoms with E-state index in [0.717, 1.165) is 56.8 Å². The van der Waals surface area contributed by atoms with Crippen LogP contribution in [0.5, 0.6) is 5.75 Å². The highest BCUT2D eigenvalue weighted by Gasteiger charge is 2.65. The summed E-state index contributed by atoms with van der Waals surface area (Å²) in [5.74, 6) is -1.32. The summed E-state index contributed by atoms with van der Waals surface area (Å²) >= 11 is 0. The Labute approximate surface area is 238 Å². The van der Waals surface area contributed by atoms with E-state index in [0.29, 0.717) is 25.9 Å². The lowest BCUT2D eigenvalue weighted by atomic mass is 9.91. The van der Waals surface area contributed by atoms with Gasteiger partial charge in [0.15, 0.2) is 0 Å². The Bertz CT molecular complexity index is 1710. The van der Waals surface area contributed by atoms with E-state index in [4.69, 9.17) is 4.74 Å². The quantitative estimate of drug-likeness (QED) is 0.297. The van der Waals surface area contributed by atoms with E-state index < -0.39 is 23.7 Å². The van der Waals surface area contributed by atoms with Crippen LogP contribution in [0.15, 0.2) is 60.7 Å². The molecule has 3 heterocycles. The molecule has 11 heteroatoms. The number of ether oxygens (including phenoxy) is 2. The Hall–Kier alpha value is -4.54. The Balaban J connectivity index is 1.05. The third-order valence-electron chi connectivity index (χ3n) is 8.76. The largest absolute Gasteiger partial charge is 0.497 e. The molecule has 1 saturated carbocycles. The van der Waals surface area contributed by atoms with Crippen molar-refractivity contribution in [1.29, 1.82) is 0 Å². The summed E-state index contributed by atoms with van der Waals surface area (Å²) in [6.45, 7) is 0.975. The lowest BCUT2D eigenvalue weighted by Crippen LogP contribution is -2.40. The number of rotatable bonds is 5. The molecule has 3 aliphatic rings. The zero-order valence-electron chi connectivity index (χ0n) is 22.6. The number of anilines is 2. The number of carbonyl (C=O) groups is 2. The van der Waals surface area contributed by atoms with Crippen LogP contribution >= 0.6 is 0 Å². The minimum absolute atomic E-state index is 0.0211. The van der Waals surface area contributed by atoms with Crippen molar-refractivity contribution in [3.63, 3.8) is 0 Å². The normalized spacial score (nSPS) is 21.9. The number of benzene rings is 3. The maximum atomic E-state index is 13.1. The minimum Gasteiger partial charge on any atom is -0.497 e. The van der Waals surface area contributed by atoms with E-state index in [2.05, 4.69) is 37.3 Å². The Morgan fingerprint density at radius 1 is 1.05 bits per heavy atom. The number of aromatic amines is 1. The summed E-state index contributed by atoms with van der Waals surface area (Å²) in [7, 11) is 1.62. The van der Waals surface area contributed by atoms with Crippen LogP contribution in [0.2, 0.25) is 0 Å². The molecule has 216 valence electrons. The van der Waals surface area contributed by atoms with Crippen LogP contribution in [0, 0.1) is 0 Å². The molecule has 2 N–H and O–H groups in total. The molecule has 3 aromatic carbocycles. The standard InChI is InChI=1S/C31H27F3N4O4/c1-41-21-7-9-25-23(15-21)30(28(39)35-25)16-24(30)18-4-8-22-26(14-18)36-37-27(22)17-2-5-19(6-3-17)38-12-10-20(11-13-38)42-29(40)31(32,33)34/h2-9,14-15,20,24H,10-13,16H2,1H3,(H,35,39)(H,36,37)/t24-,30-/m0/s1. The highest BCUT2D eigenvalue weighted by Crippen LogP contribution is 2.65. The van der Waals surface area contributed by atoms with Gasteiger partial charge in [0.2, 0.25) is 5.91 Å². The van der Waals surface area contributed by atoms with E-state index in [9.17, 15) is 22.8 Å². The Morgan fingerprint density at radius 2 is 1.81 bits per heavy atom. The molecule has 4 aromatic rings. The van der Waals surface area contributed by atoms with Crippen molar-refractivity contribution in [3.05, 3.63) is 71.8 Å². The summed E-state index contributed by atoms with van der Waals surface area (Å²) in [5.41, 5.74) is 5.86. The Kier molecular flexibility index (Phi) is 5.96. The minimum atomic E-state index is -4.97. The van der Waals surface area contributed by atoms with Gasteiger partial charge in [-0.2, -0.15) is 18.3 Å². The number of esters is 1. The monoisotopic (exact) mass is 576 g/mol. The summed E-state index contributed by atoms with van der Waals surface area (Å²) in [6, 6.07) is 19.7. The molecule has 0 bridgehead atoms. The van der Waals surface area contributed by atoms with Gasteiger partial charge >= 0.3 is 12.1 Å². The number of nitrogens with zero attached hydrogens (tertiary/aromatic N) is 2. The topological polar surface area (TPSA) is 96.6 Å². The predicted octanol–water partition coefficient (Wildman–Crippen LogP) is 5.69. The molecule has 1 aliphatic carbocycles. The number of hydrogen-bond donors (Lipinski definition) is 2. The van der Waals surface area contributed by atoms with E-state index >= 15 is 0 Å². The van der Waals surface area contributed by atoms with Crippen molar-refractivity contribution in [3.8, 4) is 17.0 Å². The summed E-state index contributed by atoms with van der Waals surface area (Å²) < 4.78 is 47.5. The zero-order chi connectivity index (χ0) is 29.2. The van der Waals surface area contributed by atoms with Crippen LogP contribution < -0.4 is 15.0 Å². The van der Waals surface area contributed by atoms with Gasteiger partial charge in [0.1, 0.15) is 11.9 Å². The van der Waals surface area contributed by atoms with Crippen molar-refractivity contribution >= 4 is 34.2 Å². The van der Waals surface area contributed by atoms with Crippen LogP contribution in [-0.2, 0) is 19.7 Å². The number of H-pyrrole nitrogens is 1. The molecule has 1 aromatic heterocycles. The fraction of sp³-hybridized carbons (Fsp3) is 0.323. The first-order valence-corrected chi connectivity index (χ1v) is 13.8. The van der Waals surface area contributed by atoms with E-state index in [-0.39, 0.29) is 11.8 Å². The average molecular weight is 577 g/mol. The molecule has 2 fully saturated rings. The Morgan fingerprint density at radius 3 is 2.52 bits per heavy atom. The highest BCUT2D eigenvalue weighted by molar-refractivity contribution is 6.10. The second-order valence-electron chi connectivity index (χ2n) is 11.1. The van der Waals surface area contributed by atoms with Crippen molar-refractivity contribution < 1.29 is 32.2 Å². The van der Waals surface area contributed by atoms with Gasteiger partial charge in [0.25, 0.3) is 0 Å². The molecule has 0 radical (unpaired) electrons. The number of fused-ring (bicyclic) bond motifs is 3. The highest BCUT2D eigenvalue weighted by atomic mass is 19.4. The van der Waals surface area contributed by atoms with Crippen LogP contribution in [0.4, 0.5) is 24.5 Å². The summed E-state index contributed by atoms with van der Waals surface area (Å²) in [6.07, 6.45) is -4.31. The number of carbonyl (C=O) groups excluding carboxylic acids is 2. The van der Waals surface area contributed by atoms with Crippen molar-refractivity contribution in [2.75, 3.05) is 30.4 Å². The SMILES string of the molecule is COc1ccc2c(c1)[C@]1(C[C@H]1c1ccc3c(-c4ccc(N5CCC(OC(=O)C(F)(F)F)CC5)cc4)n[nH]c3c1)C(=O)N2.